The number of halogens is 1. The van der Waals surface area contributed by atoms with Crippen molar-refractivity contribution in [2.75, 3.05) is 13.1 Å². The Kier molecular flexibility index (Phi) is 4.83. The molecule has 1 unspecified atom stereocenters. The van der Waals surface area contributed by atoms with Crippen molar-refractivity contribution in [3.63, 3.8) is 0 Å². The number of hydrogen-bond acceptors (Lipinski definition) is 2. The summed E-state index contributed by atoms with van der Waals surface area (Å²) in [6.07, 6.45) is 2.52. The molecule has 19 heavy (non-hydrogen) atoms. The van der Waals surface area contributed by atoms with Crippen molar-refractivity contribution in [3.05, 3.63) is 34.3 Å². The lowest BCUT2D eigenvalue weighted by Crippen LogP contribution is -2.42. The third kappa shape index (κ3) is 3.95. The highest BCUT2D eigenvalue weighted by atomic mass is 35.5. The third-order valence-corrected chi connectivity index (χ3v) is 4.02. The van der Waals surface area contributed by atoms with Gasteiger partial charge in [-0.15, -0.1) is 0 Å². The molecule has 0 saturated carbocycles. The second-order valence-electron chi connectivity index (χ2n) is 5.22. The van der Waals surface area contributed by atoms with Gasteiger partial charge in [0.2, 0.25) is 5.91 Å². The van der Waals surface area contributed by atoms with E-state index in [2.05, 4.69) is 0 Å². The molecule has 1 saturated heterocycles. The Morgan fingerprint density at radius 3 is 3.00 bits per heavy atom. The smallest absolute Gasteiger partial charge is 0.222 e. The summed E-state index contributed by atoms with van der Waals surface area (Å²) in [5.74, 6) is 0.121. The number of carbonyl (C=O) groups is 1. The van der Waals surface area contributed by atoms with E-state index in [-0.39, 0.29) is 12.0 Å². The van der Waals surface area contributed by atoms with Crippen molar-refractivity contribution in [2.24, 2.45) is 0 Å². The van der Waals surface area contributed by atoms with Crippen LogP contribution in [0.2, 0.25) is 5.02 Å². The molecule has 1 aromatic carbocycles. The summed E-state index contributed by atoms with van der Waals surface area (Å²) < 4.78 is 0. The molecule has 4 heteroatoms. The van der Waals surface area contributed by atoms with Crippen LogP contribution in [-0.2, 0) is 11.2 Å². The van der Waals surface area contributed by atoms with Gasteiger partial charge in [0.1, 0.15) is 0 Å². The maximum atomic E-state index is 12.1. The molecule has 1 aliphatic rings. The molecule has 1 amide bonds. The summed E-state index contributed by atoms with van der Waals surface area (Å²) in [5.41, 5.74) is 2.14. The summed E-state index contributed by atoms with van der Waals surface area (Å²) in [4.78, 5) is 13.8. The summed E-state index contributed by atoms with van der Waals surface area (Å²) in [6, 6.07) is 5.92. The van der Waals surface area contributed by atoms with E-state index in [9.17, 15) is 9.90 Å². The van der Waals surface area contributed by atoms with E-state index in [1.54, 1.807) is 4.90 Å². The molecule has 0 radical (unpaired) electrons. The molecule has 1 N–H and O–H groups in total. The zero-order valence-corrected chi connectivity index (χ0v) is 12.0. The van der Waals surface area contributed by atoms with Crippen LogP contribution in [0.1, 0.15) is 30.4 Å². The Bertz CT molecular complexity index is 461. The molecule has 0 aliphatic carbocycles. The zero-order chi connectivity index (χ0) is 13.8. The fraction of sp³-hybridized carbons (Fsp3) is 0.533. The van der Waals surface area contributed by atoms with Crippen LogP contribution in [0.15, 0.2) is 18.2 Å². The van der Waals surface area contributed by atoms with Crippen LogP contribution >= 0.6 is 11.6 Å². The number of rotatable bonds is 3. The molecule has 3 nitrogen and oxygen atoms in total. The van der Waals surface area contributed by atoms with Gasteiger partial charge < -0.3 is 10.0 Å². The van der Waals surface area contributed by atoms with Crippen molar-refractivity contribution in [3.8, 4) is 0 Å². The van der Waals surface area contributed by atoms with Crippen molar-refractivity contribution in [1.29, 1.82) is 0 Å². The van der Waals surface area contributed by atoms with Crippen LogP contribution in [0.3, 0.4) is 0 Å². The first-order valence-electron chi connectivity index (χ1n) is 6.77. The minimum absolute atomic E-state index is 0.121. The molecule has 104 valence electrons. The molecule has 0 aromatic heterocycles. The monoisotopic (exact) mass is 281 g/mol. The van der Waals surface area contributed by atoms with Gasteiger partial charge in [0.25, 0.3) is 0 Å². The molecule has 1 fully saturated rings. The summed E-state index contributed by atoms with van der Waals surface area (Å²) >= 11 is 6.07. The Morgan fingerprint density at radius 1 is 1.53 bits per heavy atom. The fourth-order valence-electron chi connectivity index (χ4n) is 2.38. The van der Waals surface area contributed by atoms with Crippen molar-refractivity contribution >= 4 is 17.5 Å². The third-order valence-electron chi connectivity index (χ3n) is 3.61. The van der Waals surface area contributed by atoms with Crippen LogP contribution in [0.25, 0.3) is 0 Å². The first kappa shape index (κ1) is 14.4. The quantitative estimate of drug-likeness (QED) is 0.925. The first-order valence-corrected chi connectivity index (χ1v) is 7.15. The van der Waals surface area contributed by atoms with E-state index < -0.39 is 0 Å². The summed E-state index contributed by atoms with van der Waals surface area (Å²) in [6.45, 7) is 3.21. The minimum atomic E-state index is -0.355. The van der Waals surface area contributed by atoms with Gasteiger partial charge in [-0.1, -0.05) is 23.7 Å². The number of β-amino-alcohol motifs (C(OH)–C–C–N with tert-alkyl or cyclic N) is 1. The molecular formula is C15H20ClNO2. The number of carbonyl (C=O) groups excluding carboxylic acids is 1. The van der Waals surface area contributed by atoms with Crippen LogP contribution in [0, 0.1) is 6.92 Å². The SMILES string of the molecule is Cc1ccc(CCC(=O)N2CCCC(O)C2)cc1Cl. The maximum Gasteiger partial charge on any atom is 0.222 e. The maximum absolute atomic E-state index is 12.1. The minimum Gasteiger partial charge on any atom is -0.391 e. The molecule has 1 aromatic rings. The summed E-state index contributed by atoms with van der Waals surface area (Å²) in [7, 11) is 0. The van der Waals surface area contributed by atoms with Crippen molar-refractivity contribution < 1.29 is 9.90 Å². The number of aliphatic hydroxyl groups excluding tert-OH is 1. The van der Waals surface area contributed by atoms with Gasteiger partial charge in [0.05, 0.1) is 6.10 Å². The van der Waals surface area contributed by atoms with Crippen molar-refractivity contribution in [1.82, 2.24) is 4.90 Å². The van der Waals surface area contributed by atoms with Gasteiger partial charge in [-0.3, -0.25) is 4.79 Å². The van der Waals surface area contributed by atoms with Crippen LogP contribution in [-0.4, -0.2) is 35.1 Å². The second-order valence-corrected chi connectivity index (χ2v) is 5.63. The molecule has 0 spiro atoms. The summed E-state index contributed by atoms with van der Waals surface area (Å²) in [5, 5.41) is 10.3. The Labute approximate surface area is 119 Å². The van der Waals surface area contributed by atoms with Crippen LogP contribution in [0.4, 0.5) is 0 Å². The normalized spacial score (nSPS) is 19.5. The first-order chi connectivity index (χ1) is 9.06. The molecule has 2 rings (SSSR count). The number of likely N-dealkylation sites (tertiary alicyclic amines) is 1. The van der Waals surface area contributed by atoms with E-state index in [0.717, 1.165) is 35.5 Å². The molecule has 1 heterocycles. The van der Waals surface area contributed by atoms with Gasteiger partial charge in [0.15, 0.2) is 0 Å². The number of benzene rings is 1. The van der Waals surface area contributed by atoms with Gasteiger partial charge in [0, 0.05) is 24.5 Å². The highest BCUT2D eigenvalue weighted by Crippen LogP contribution is 2.18. The lowest BCUT2D eigenvalue weighted by molar-refractivity contribution is -0.134. The average Bonchev–Trinajstić information content (AvgIpc) is 2.40. The highest BCUT2D eigenvalue weighted by molar-refractivity contribution is 6.31. The van der Waals surface area contributed by atoms with E-state index >= 15 is 0 Å². The Morgan fingerprint density at radius 2 is 2.32 bits per heavy atom. The van der Waals surface area contributed by atoms with Gasteiger partial charge in [-0.2, -0.15) is 0 Å². The Balaban J connectivity index is 1.87. The lowest BCUT2D eigenvalue weighted by Gasteiger charge is -2.30. The predicted octanol–water partition coefficient (Wildman–Crippen LogP) is 2.56. The number of piperidine rings is 1. The molecule has 1 aliphatic heterocycles. The zero-order valence-electron chi connectivity index (χ0n) is 11.2. The van der Waals surface area contributed by atoms with Gasteiger partial charge in [-0.25, -0.2) is 0 Å². The van der Waals surface area contributed by atoms with Crippen molar-refractivity contribution in [2.45, 2.75) is 38.7 Å². The van der Waals surface area contributed by atoms with Crippen LogP contribution < -0.4 is 0 Å². The van der Waals surface area contributed by atoms with E-state index in [4.69, 9.17) is 11.6 Å². The van der Waals surface area contributed by atoms with E-state index in [0.29, 0.717) is 19.4 Å². The molecule has 0 bridgehead atoms. The van der Waals surface area contributed by atoms with Gasteiger partial charge >= 0.3 is 0 Å². The predicted molar refractivity (Wildman–Crippen MR) is 76.3 cm³/mol. The molecule has 1 atom stereocenters. The van der Waals surface area contributed by atoms with E-state index in [1.807, 2.05) is 25.1 Å². The number of hydrogen-bond donors (Lipinski definition) is 1. The average molecular weight is 282 g/mol. The number of aryl methyl sites for hydroxylation is 2. The lowest BCUT2D eigenvalue weighted by atomic mass is 10.1. The topological polar surface area (TPSA) is 40.5 Å². The van der Waals surface area contributed by atoms with E-state index in [1.165, 1.54) is 0 Å². The standard InChI is InChI=1S/C15H20ClNO2/c1-11-4-5-12(9-14(11)16)6-7-15(19)17-8-2-3-13(18)10-17/h4-5,9,13,18H,2-3,6-8,10H2,1H3. The number of amides is 1. The second kappa shape index (κ2) is 6.40. The number of nitrogens with zero attached hydrogens (tertiary/aromatic N) is 1. The van der Waals surface area contributed by atoms with Crippen LogP contribution in [0.5, 0.6) is 0 Å². The number of aliphatic hydroxyl groups is 1. The molecular weight excluding hydrogens is 262 g/mol. The van der Waals surface area contributed by atoms with Gasteiger partial charge in [-0.05, 0) is 43.4 Å². The Hall–Kier alpha value is -1.06. The highest BCUT2D eigenvalue weighted by Gasteiger charge is 2.21. The largest absolute Gasteiger partial charge is 0.391 e. The fourth-order valence-corrected chi connectivity index (χ4v) is 2.59.